The summed E-state index contributed by atoms with van der Waals surface area (Å²) < 4.78 is 1.03. The lowest BCUT2D eigenvalue weighted by Gasteiger charge is -2.19. The van der Waals surface area contributed by atoms with Crippen LogP contribution in [0.1, 0.15) is 37.3 Å². The first kappa shape index (κ1) is 11.6. The van der Waals surface area contributed by atoms with Crippen LogP contribution in [0.15, 0.2) is 33.7 Å². The number of benzene rings is 1. The van der Waals surface area contributed by atoms with Crippen LogP contribution in [0.5, 0.6) is 0 Å². The van der Waals surface area contributed by atoms with E-state index >= 15 is 0 Å². The molecule has 0 spiro atoms. The summed E-state index contributed by atoms with van der Waals surface area (Å²) in [5.74, 6) is 0.500. The first-order valence-electron chi connectivity index (χ1n) is 5.64. The number of rotatable bonds is 3. The maximum absolute atomic E-state index is 10.5. The number of hydrogen-bond donors (Lipinski definition) is 0. The van der Waals surface area contributed by atoms with Gasteiger partial charge in [-0.2, -0.15) is 4.99 Å². The van der Waals surface area contributed by atoms with Gasteiger partial charge in [0.1, 0.15) is 0 Å². The highest BCUT2D eigenvalue weighted by atomic mass is 79.9. The predicted octanol–water partition coefficient (Wildman–Crippen LogP) is 4.02. The zero-order valence-corrected chi connectivity index (χ0v) is 10.6. The Hall–Kier alpha value is -0.920. The Morgan fingerprint density at radius 2 is 2.00 bits per heavy atom. The molecular formula is C13H14BrNO. The molecule has 1 fully saturated rings. The first-order chi connectivity index (χ1) is 7.83. The zero-order valence-electron chi connectivity index (χ0n) is 9.03. The summed E-state index contributed by atoms with van der Waals surface area (Å²) >= 11 is 3.52. The van der Waals surface area contributed by atoms with Gasteiger partial charge < -0.3 is 0 Å². The fraction of sp³-hybridized carbons (Fsp3) is 0.462. The summed E-state index contributed by atoms with van der Waals surface area (Å²) in [6.07, 6.45) is 6.55. The van der Waals surface area contributed by atoms with E-state index in [4.69, 9.17) is 0 Å². The van der Waals surface area contributed by atoms with Crippen molar-refractivity contribution in [1.29, 1.82) is 0 Å². The molecule has 0 amide bonds. The van der Waals surface area contributed by atoms with Gasteiger partial charge in [0.05, 0.1) is 6.04 Å². The maximum Gasteiger partial charge on any atom is 0.235 e. The van der Waals surface area contributed by atoms with E-state index in [1.54, 1.807) is 6.08 Å². The van der Waals surface area contributed by atoms with Gasteiger partial charge in [-0.1, -0.05) is 47.0 Å². The van der Waals surface area contributed by atoms with E-state index in [-0.39, 0.29) is 6.04 Å². The molecule has 1 aromatic rings. The smallest absolute Gasteiger partial charge is 0.211 e. The van der Waals surface area contributed by atoms with Crippen LogP contribution in [0.4, 0.5) is 0 Å². The lowest BCUT2D eigenvalue weighted by atomic mass is 9.92. The van der Waals surface area contributed by atoms with Gasteiger partial charge in [0.2, 0.25) is 6.08 Å². The quantitative estimate of drug-likeness (QED) is 0.607. The van der Waals surface area contributed by atoms with E-state index in [1.807, 2.05) is 24.3 Å². The van der Waals surface area contributed by atoms with Crippen molar-refractivity contribution in [2.75, 3.05) is 0 Å². The second kappa shape index (κ2) is 5.42. The Balaban J connectivity index is 2.31. The second-order valence-electron chi connectivity index (χ2n) is 4.23. The lowest BCUT2D eigenvalue weighted by molar-refractivity contribution is 0.441. The van der Waals surface area contributed by atoms with Crippen LogP contribution < -0.4 is 0 Å². The van der Waals surface area contributed by atoms with E-state index in [0.717, 1.165) is 22.9 Å². The third-order valence-electron chi connectivity index (χ3n) is 3.26. The molecule has 1 atom stereocenters. The Kier molecular flexibility index (Phi) is 3.92. The number of halogens is 1. The molecule has 0 radical (unpaired) electrons. The molecule has 1 aromatic carbocycles. The first-order valence-corrected chi connectivity index (χ1v) is 6.43. The van der Waals surface area contributed by atoms with Gasteiger partial charge in [-0.3, -0.25) is 0 Å². The third kappa shape index (κ3) is 2.42. The molecule has 2 rings (SSSR count). The van der Waals surface area contributed by atoms with E-state index in [2.05, 4.69) is 20.9 Å². The molecule has 0 heterocycles. The highest BCUT2D eigenvalue weighted by Crippen LogP contribution is 2.40. The van der Waals surface area contributed by atoms with E-state index in [9.17, 15) is 4.79 Å². The standard InChI is InChI=1S/C13H14BrNO/c14-12-8-4-3-7-11(12)13(15-9-16)10-5-1-2-6-10/h3-4,7-8,10,13H,1-2,5-6H2. The number of isocyanates is 1. The van der Waals surface area contributed by atoms with Crippen LogP contribution in [0.2, 0.25) is 0 Å². The van der Waals surface area contributed by atoms with Gasteiger partial charge in [-0.25, -0.2) is 4.79 Å². The van der Waals surface area contributed by atoms with Crippen molar-refractivity contribution in [2.24, 2.45) is 10.9 Å². The summed E-state index contributed by atoms with van der Waals surface area (Å²) in [5.41, 5.74) is 1.11. The van der Waals surface area contributed by atoms with Crippen LogP contribution >= 0.6 is 15.9 Å². The van der Waals surface area contributed by atoms with Crippen molar-refractivity contribution in [3.63, 3.8) is 0 Å². The highest BCUT2D eigenvalue weighted by molar-refractivity contribution is 9.10. The fourth-order valence-electron chi connectivity index (χ4n) is 2.47. The summed E-state index contributed by atoms with van der Waals surface area (Å²) in [5, 5.41) is 0. The molecule has 1 aliphatic carbocycles. The second-order valence-corrected chi connectivity index (χ2v) is 5.09. The largest absolute Gasteiger partial charge is 0.235 e. The number of carbonyl (C=O) groups excluding carboxylic acids is 1. The van der Waals surface area contributed by atoms with Crippen LogP contribution in [0.3, 0.4) is 0 Å². The molecule has 0 aliphatic heterocycles. The monoisotopic (exact) mass is 279 g/mol. The van der Waals surface area contributed by atoms with Crippen LogP contribution in [0, 0.1) is 5.92 Å². The Morgan fingerprint density at radius 1 is 1.31 bits per heavy atom. The van der Waals surface area contributed by atoms with Gasteiger partial charge in [0.15, 0.2) is 0 Å². The van der Waals surface area contributed by atoms with Gasteiger partial charge in [-0.15, -0.1) is 0 Å². The van der Waals surface area contributed by atoms with Gasteiger partial charge in [0, 0.05) is 4.47 Å². The minimum absolute atomic E-state index is 0.0180. The molecule has 0 bridgehead atoms. The summed E-state index contributed by atoms with van der Waals surface area (Å²) in [6.45, 7) is 0. The van der Waals surface area contributed by atoms with E-state index in [1.165, 1.54) is 12.8 Å². The molecule has 1 aliphatic rings. The summed E-state index contributed by atoms with van der Waals surface area (Å²) in [6, 6.07) is 7.98. The molecule has 0 N–H and O–H groups in total. The normalized spacial score (nSPS) is 18.1. The Labute approximate surface area is 104 Å². The van der Waals surface area contributed by atoms with Gasteiger partial charge >= 0.3 is 0 Å². The maximum atomic E-state index is 10.5. The van der Waals surface area contributed by atoms with Crippen molar-refractivity contribution in [3.8, 4) is 0 Å². The van der Waals surface area contributed by atoms with Crippen molar-refractivity contribution < 1.29 is 4.79 Å². The van der Waals surface area contributed by atoms with Crippen LogP contribution in [-0.2, 0) is 4.79 Å². The van der Waals surface area contributed by atoms with Crippen LogP contribution in [0.25, 0.3) is 0 Å². The van der Waals surface area contributed by atoms with Crippen LogP contribution in [-0.4, -0.2) is 6.08 Å². The van der Waals surface area contributed by atoms with Crippen molar-refractivity contribution in [2.45, 2.75) is 31.7 Å². The number of aliphatic imine (C=N–C) groups is 1. The minimum Gasteiger partial charge on any atom is -0.211 e. The lowest BCUT2D eigenvalue weighted by Crippen LogP contribution is -2.08. The number of nitrogens with zero attached hydrogens (tertiary/aromatic N) is 1. The van der Waals surface area contributed by atoms with Gasteiger partial charge in [-0.05, 0) is 30.4 Å². The molecule has 1 saturated carbocycles. The topological polar surface area (TPSA) is 29.4 Å². The molecule has 16 heavy (non-hydrogen) atoms. The zero-order chi connectivity index (χ0) is 11.4. The van der Waals surface area contributed by atoms with E-state index < -0.39 is 0 Å². The number of hydrogen-bond acceptors (Lipinski definition) is 2. The molecule has 2 nitrogen and oxygen atoms in total. The average Bonchev–Trinajstić information content (AvgIpc) is 2.80. The van der Waals surface area contributed by atoms with Crippen molar-refractivity contribution >= 4 is 22.0 Å². The minimum atomic E-state index is -0.0180. The molecular weight excluding hydrogens is 266 g/mol. The average molecular weight is 280 g/mol. The predicted molar refractivity (Wildman–Crippen MR) is 67.0 cm³/mol. The molecule has 0 aromatic heterocycles. The summed E-state index contributed by atoms with van der Waals surface area (Å²) in [4.78, 5) is 14.6. The Morgan fingerprint density at radius 3 is 2.62 bits per heavy atom. The van der Waals surface area contributed by atoms with Crippen molar-refractivity contribution in [3.05, 3.63) is 34.3 Å². The molecule has 1 unspecified atom stereocenters. The third-order valence-corrected chi connectivity index (χ3v) is 3.98. The Bertz CT molecular complexity index is 406. The fourth-order valence-corrected chi connectivity index (χ4v) is 2.99. The van der Waals surface area contributed by atoms with E-state index in [0.29, 0.717) is 5.92 Å². The highest BCUT2D eigenvalue weighted by Gasteiger charge is 2.27. The summed E-state index contributed by atoms with van der Waals surface area (Å²) in [7, 11) is 0. The SMILES string of the molecule is O=C=NC(c1ccccc1Br)C1CCCC1. The molecule has 84 valence electrons. The van der Waals surface area contributed by atoms with Crippen molar-refractivity contribution in [1.82, 2.24) is 0 Å². The molecule has 0 saturated heterocycles. The molecule has 3 heteroatoms. The van der Waals surface area contributed by atoms with Gasteiger partial charge in [0.25, 0.3) is 0 Å².